The van der Waals surface area contributed by atoms with Crippen LogP contribution in [0.25, 0.3) is 0 Å². The van der Waals surface area contributed by atoms with Crippen molar-refractivity contribution in [1.82, 2.24) is 4.90 Å². The molecule has 0 aromatic heterocycles. The quantitative estimate of drug-likeness (QED) is 0.321. The minimum Gasteiger partial charge on any atom is -0.370 e. The Balaban J connectivity index is 0.000000596. The van der Waals surface area contributed by atoms with E-state index in [9.17, 15) is 0 Å². The Morgan fingerprint density at radius 3 is 2.11 bits per heavy atom. The summed E-state index contributed by atoms with van der Waals surface area (Å²) in [6.07, 6.45) is 0. The lowest BCUT2D eigenvalue weighted by Crippen LogP contribution is -2.45. The Morgan fingerprint density at radius 2 is 1.59 bits per heavy atom. The van der Waals surface area contributed by atoms with Gasteiger partial charge in [-0.3, -0.25) is 4.90 Å². The first-order chi connectivity index (χ1) is 12.9. The highest BCUT2D eigenvalue weighted by atomic mass is 16.9. The molecule has 0 atom stereocenters. The molecule has 9 nitrogen and oxygen atoms in total. The Hall–Kier alpha value is -3.33. The molecule has 5 N–H and O–H groups in total. The number of hydrogen-bond donors (Lipinski definition) is 3. The molecule has 0 amide bonds. The SMILES string of the molecule is NC(N)=Nc1ccc(N2CCN(Cc3ccccc3)CC2)cc1.O=[N+]([O-])O. The van der Waals surface area contributed by atoms with Gasteiger partial charge in [0, 0.05) is 38.4 Å². The third kappa shape index (κ3) is 7.20. The van der Waals surface area contributed by atoms with Crippen molar-refractivity contribution in [2.45, 2.75) is 6.54 Å². The Bertz CT molecular complexity index is 735. The fourth-order valence-electron chi connectivity index (χ4n) is 2.89. The highest BCUT2D eigenvalue weighted by Gasteiger charge is 2.17. The molecule has 0 aliphatic carbocycles. The van der Waals surface area contributed by atoms with Gasteiger partial charge in [0.25, 0.3) is 5.09 Å². The van der Waals surface area contributed by atoms with Crippen LogP contribution in [0.15, 0.2) is 59.6 Å². The normalized spacial score (nSPS) is 14.0. The number of piperazine rings is 1. The summed E-state index contributed by atoms with van der Waals surface area (Å²) in [4.78, 5) is 17.3. The first-order valence-corrected chi connectivity index (χ1v) is 8.48. The average molecular weight is 372 g/mol. The van der Waals surface area contributed by atoms with Gasteiger partial charge in [0.05, 0.1) is 5.69 Å². The maximum atomic E-state index is 8.36. The monoisotopic (exact) mass is 372 g/mol. The second-order valence-electron chi connectivity index (χ2n) is 6.04. The molecular weight excluding hydrogens is 348 g/mol. The van der Waals surface area contributed by atoms with Crippen LogP contribution in [0.1, 0.15) is 5.56 Å². The third-order valence-electron chi connectivity index (χ3n) is 4.09. The van der Waals surface area contributed by atoms with Crippen molar-refractivity contribution >= 4 is 17.3 Å². The van der Waals surface area contributed by atoms with Crippen molar-refractivity contribution in [1.29, 1.82) is 0 Å². The zero-order chi connectivity index (χ0) is 19.6. The van der Waals surface area contributed by atoms with Crippen LogP contribution < -0.4 is 16.4 Å². The molecule has 27 heavy (non-hydrogen) atoms. The van der Waals surface area contributed by atoms with Gasteiger partial charge in [-0.25, -0.2) is 4.99 Å². The molecule has 2 aromatic carbocycles. The van der Waals surface area contributed by atoms with Gasteiger partial charge in [0.1, 0.15) is 0 Å². The van der Waals surface area contributed by atoms with Gasteiger partial charge in [0.15, 0.2) is 5.96 Å². The van der Waals surface area contributed by atoms with Crippen LogP contribution in [0.2, 0.25) is 0 Å². The predicted octanol–water partition coefficient (Wildman–Crippen LogP) is 1.57. The van der Waals surface area contributed by atoms with Gasteiger partial charge in [0.2, 0.25) is 0 Å². The summed E-state index contributed by atoms with van der Waals surface area (Å²) in [5.41, 5.74) is 14.2. The van der Waals surface area contributed by atoms with Crippen molar-refractivity contribution in [3.05, 3.63) is 70.3 Å². The van der Waals surface area contributed by atoms with E-state index in [1.165, 1.54) is 11.3 Å². The minimum atomic E-state index is -1.50. The molecule has 2 aromatic rings. The zero-order valence-electron chi connectivity index (χ0n) is 14.9. The van der Waals surface area contributed by atoms with Gasteiger partial charge in [-0.05, 0) is 29.8 Å². The number of anilines is 1. The maximum absolute atomic E-state index is 8.36. The fourth-order valence-corrected chi connectivity index (χ4v) is 2.89. The van der Waals surface area contributed by atoms with Crippen molar-refractivity contribution in [3.63, 3.8) is 0 Å². The molecule has 0 bridgehead atoms. The highest BCUT2D eigenvalue weighted by Crippen LogP contribution is 2.21. The van der Waals surface area contributed by atoms with E-state index in [2.05, 4.69) is 57.3 Å². The standard InChI is InChI=1S/C18H23N5.HNO3/c19-18(20)21-16-6-8-17(9-7-16)23-12-10-22(11-13-23)14-15-4-2-1-3-5-15;2-1(3)4/h1-9H,10-14H2,(H4,19,20,21);(H,2,3,4). The Kier molecular flexibility index (Phi) is 7.38. The molecule has 3 rings (SSSR count). The van der Waals surface area contributed by atoms with E-state index in [0.29, 0.717) is 0 Å². The summed E-state index contributed by atoms with van der Waals surface area (Å²) in [6, 6.07) is 18.7. The zero-order valence-corrected chi connectivity index (χ0v) is 14.9. The summed E-state index contributed by atoms with van der Waals surface area (Å²) >= 11 is 0. The lowest BCUT2D eigenvalue weighted by Gasteiger charge is -2.36. The maximum Gasteiger partial charge on any atom is 0.291 e. The van der Waals surface area contributed by atoms with Crippen LogP contribution >= 0.6 is 0 Å². The number of rotatable bonds is 4. The van der Waals surface area contributed by atoms with E-state index in [0.717, 1.165) is 38.4 Å². The van der Waals surface area contributed by atoms with Crippen LogP contribution in [0.3, 0.4) is 0 Å². The number of guanidine groups is 1. The van der Waals surface area contributed by atoms with Crippen molar-refractivity contribution in [3.8, 4) is 0 Å². The molecule has 1 fully saturated rings. The smallest absolute Gasteiger partial charge is 0.291 e. The van der Waals surface area contributed by atoms with Gasteiger partial charge >= 0.3 is 0 Å². The molecule has 0 radical (unpaired) electrons. The predicted molar refractivity (Wildman–Crippen MR) is 105 cm³/mol. The average Bonchev–Trinajstić information content (AvgIpc) is 2.63. The van der Waals surface area contributed by atoms with E-state index >= 15 is 0 Å². The van der Waals surface area contributed by atoms with Crippen LogP contribution in [-0.2, 0) is 6.54 Å². The largest absolute Gasteiger partial charge is 0.370 e. The Morgan fingerprint density at radius 1 is 1.04 bits per heavy atom. The Labute approximate surface area is 157 Å². The molecule has 0 spiro atoms. The van der Waals surface area contributed by atoms with Crippen LogP contribution in [-0.4, -0.2) is 47.3 Å². The molecule has 144 valence electrons. The number of aliphatic imine (C=N–C) groups is 1. The van der Waals surface area contributed by atoms with E-state index in [-0.39, 0.29) is 5.96 Å². The second kappa shape index (κ2) is 9.97. The highest BCUT2D eigenvalue weighted by molar-refractivity contribution is 5.79. The summed E-state index contributed by atoms with van der Waals surface area (Å²) in [5.74, 6) is 0.0901. The molecule has 1 heterocycles. The minimum absolute atomic E-state index is 0.0901. The summed E-state index contributed by atoms with van der Waals surface area (Å²) in [5, 5.41) is 13.6. The molecule has 1 saturated heterocycles. The summed E-state index contributed by atoms with van der Waals surface area (Å²) in [7, 11) is 0. The number of benzene rings is 2. The molecule has 0 unspecified atom stereocenters. The second-order valence-corrected chi connectivity index (χ2v) is 6.04. The first-order valence-electron chi connectivity index (χ1n) is 8.48. The number of nitrogens with two attached hydrogens (primary N) is 2. The number of hydrogen-bond acceptors (Lipinski definition) is 5. The lowest BCUT2D eigenvalue weighted by atomic mass is 10.2. The molecular formula is C18H24N6O3. The fraction of sp³-hybridized carbons (Fsp3) is 0.278. The summed E-state index contributed by atoms with van der Waals surface area (Å²) < 4.78 is 0. The van der Waals surface area contributed by atoms with Gasteiger partial charge < -0.3 is 21.6 Å². The van der Waals surface area contributed by atoms with Crippen LogP contribution in [0.5, 0.6) is 0 Å². The van der Waals surface area contributed by atoms with Crippen LogP contribution in [0.4, 0.5) is 11.4 Å². The molecule has 1 aliphatic heterocycles. The lowest BCUT2D eigenvalue weighted by molar-refractivity contribution is -0.742. The van der Waals surface area contributed by atoms with Gasteiger partial charge in [-0.15, -0.1) is 10.1 Å². The van der Waals surface area contributed by atoms with Crippen molar-refractivity contribution in [2.75, 3.05) is 31.1 Å². The van der Waals surface area contributed by atoms with E-state index < -0.39 is 5.09 Å². The molecule has 9 heteroatoms. The van der Waals surface area contributed by atoms with E-state index in [1.54, 1.807) is 0 Å². The van der Waals surface area contributed by atoms with Gasteiger partial charge in [-0.1, -0.05) is 30.3 Å². The molecule has 1 aliphatic rings. The van der Waals surface area contributed by atoms with Crippen molar-refractivity contribution in [2.24, 2.45) is 16.5 Å². The third-order valence-corrected chi connectivity index (χ3v) is 4.09. The van der Waals surface area contributed by atoms with Crippen molar-refractivity contribution < 1.29 is 10.3 Å². The first kappa shape index (κ1) is 20.0. The topological polar surface area (TPSA) is 134 Å². The van der Waals surface area contributed by atoms with E-state index in [1.807, 2.05) is 12.1 Å². The molecule has 0 saturated carbocycles. The van der Waals surface area contributed by atoms with Crippen LogP contribution in [0, 0.1) is 10.1 Å². The summed E-state index contributed by atoms with van der Waals surface area (Å²) in [6.45, 7) is 5.25. The van der Waals surface area contributed by atoms with E-state index in [4.69, 9.17) is 26.8 Å². The van der Waals surface area contributed by atoms with Gasteiger partial charge in [-0.2, -0.15) is 0 Å². The number of nitrogens with zero attached hydrogens (tertiary/aromatic N) is 4.